The van der Waals surface area contributed by atoms with Crippen LogP contribution in [0.5, 0.6) is 0 Å². The molecule has 3 nitrogen and oxygen atoms in total. The van der Waals surface area contributed by atoms with E-state index in [9.17, 15) is 5.21 Å². The van der Waals surface area contributed by atoms with Crippen LogP contribution in [0.15, 0.2) is 0 Å². The van der Waals surface area contributed by atoms with E-state index in [0.717, 1.165) is 13.1 Å². The van der Waals surface area contributed by atoms with Crippen molar-refractivity contribution in [3.05, 3.63) is 5.21 Å². The molecule has 1 aliphatic heterocycles. The minimum Gasteiger partial charge on any atom is -1.00 e. The zero-order valence-corrected chi connectivity index (χ0v) is 6.53. The van der Waals surface area contributed by atoms with Gasteiger partial charge in [0.15, 0.2) is 0 Å². The third-order valence-corrected chi connectivity index (χ3v) is 0.903. The molecule has 7 heavy (non-hydrogen) atoms. The number of nitrogens with one attached hydrogen (secondary N) is 2. The number of hydroxylamine groups is 2. The molecule has 38 valence electrons. The zero-order valence-electron chi connectivity index (χ0n) is 5.53. The zero-order chi connectivity index (χ0) is 4.41. The van der Waals surface area contributed by atoms with Crippen molar-refractivity contribution in [1.82, 2.24) is 5.32 Å². The monoisotopic (exact) mass is 112 g/mol. The second-order valence-electron chi connectivity index (χ2n) is 1.47. The van der Waals surface area contributed by atoms with E-state index in [0.29, 0.717) is 11.7 Å². The van der Waals surface area contributed by atoms with E-state index in [-0.39, 0.29) is 31.0 Å². The van der Waals surface area contributed by atoms with E-state index in [1.807, 2.05) is 0 Å². The van der Waals surface area contributed by atoms with Crippen LogP contribution in [0.3, 0.4) is 0 Å². The first-order valence-corrected chi connectivity index (χ1v) is 2.12. The predicted molar refractivity (Wildman–Crippen MR) is 23.2 cm³/mol. The van der Waals surface area contributed by atoms with E-state index >= 15 is 0 Å². The second-order valence-corrected chi connectivity index (χ2v) is 1.47. The van der Waals surface area contributed by atoms with Gasteiger partial charge in [0.1, 0.15) is 6.67 Å². The van der Waals surface area contributed by atoms with Crippen LogP contribution >= 0.6 is 0 Å². The molecule has 0 spiro atoms. The summed E-state index contributed by atoms with van der Waals surface area (Å²) in [5.41, 5.74) is 0. The third kappa shape index (κ3) is 2.64. The van der Waals surface area contributed by atoms with Crippen LogP contribution in [0.2, 0.25) is 0 Å². The van der Waals surface area contributed by atoms with Gasteiger partial charge < -0.3 is 11.7 Å². The average molecular weight is 112 g/mol. The van der Waals surface area contributed by atoms with Crippen LogP contribution in [0.25, 0.3) is 0 Å². The number of rotatable bonds is 0. The summed E-state index contributed by atoms with van der Waals surface area (Å²) in [5.74, 6) is 0. The van der Waals surface area contributed by atoms with Gasteiger partial charge in [0.25, 0.3) is 0 Å². The smallest absolute Gasteiger partial charge is 1.00 e. The Morgan fingerprint density at radius 1 is 1.71 bits per heavy atom. The van der Waals surface area contributed by atoms with Gasteiger partial charge in [-0.15, -0.1) is 0 Å². The molecule has 0 aromatic rings. The summed E-state index contributed by atoms with van der Waals surface area (Å²) in [7, 11) is 0. The molecule has 1 heterocycles. The second kappa shape index (κ2) is 3.83. The van der Waals surface area contributed by atoms with Crippen molar-refractivity contribution >= 4 is 0 Å². The van der Waals surface area contributed by atoms with Gasteiger partial charge in [-0.25, -0.2) is 0 Å². The summed E-state index contributed by atoms with van der Waals surface area (Å²) >= 11 is 0. The first-order valence-electron chi connectivity index (χ1n) is 2.12. The summed E-state index contributed by atoms with van der Waals surface area (Å²) < 4.78 is 0. The quantitative estimate of drug-likeness (QED) is 0.243. The van der Waals surface area contributed by atoms with Gasteiger partial charge in [-0.3, -0.25) is 5.32 Å². The minimum atomic E-state index is 0. The maximum Gasteiger partial charge on any atom is 1.00 e. The molecule has 0 aromatic carbocycles. The van der Waals surface area contributed by atoms with E-state index in [1.54, 1.807) is 0 Å². The Morgan fingerprint density at radius 2 is 2.43 bits per heavy atom. The Bertz CT molecular complexity index is 50.5. The Labute approximate surface area is 66.4 Å². The van der Waals surface area contributed by atoms with E-state index in [2.05, 4.69) is 5.32 Å². The largest absolute Gasteiger partial charge is 1.00 e. The van der Waals surface area contributed by atoms with Crippen molar-refractivity contribution in [2.45, 2.75) is 0 Å². The number of hydrogen-bond donors (Lipinski definition) is 2. The minimum absolute atomic E-state index is 0. The third-order valence-electron chi connectivity index (χ3n) is 0.903. The van der Waals surface area contributed by atoms with Crippen LogP contribution in [-0.4, -0.2) is 19.8 Å². The van der Waals surface area contributed by atoms with Crippen molar-refractivity contribution in [2.24, 2.45) is 0 Å². The molecule has 1 aliphatic rings. The standard InChI is InChI=1S/C3H8N2O.Na.H/c6-5-2-1-4-3-5;;/h4-5H,1-3H2;;/q;+1;-1. The number of quaternary nitrogens is 1. The fraction of sp³-hybridized carbons (Fsp3) is 1.00. The van der Waals surface area contributed by atoms with Crippen LogP contribution in [0.1, 0.15) is 1.43 Å². The fourth-order valence-corrected chi connectivity index (χ4v) is 0.544. The maximum absolute atomic E-state index is 10.2. The van der Waals surface area contributed by atoms with Crippen LogP contribution < -0.4 is 39.9 Å². The van der Waals surface area contributed by atoms with E-state index < -0.39 is 0 Å². The van der Waals surface area contributed by atoms with Crippen LogP contribution in [-0.2, 0) is 0 Å². The van der Waals surface area contributed by atoms with Gasteiger partial charge in [-0.1, -0.05) is 0 Å². The molecule has 1 fully saturated rings. The molecule has 1 rings (SSSR count). The SMILES string of the molecule is [H-].[Na+].[O-][NH+]1CCNC1. The summed E-state index contributed by atoms with van der Waals surface area (Å²) in [4.78, 5) is 0. The summed E-state index contributed by atoms with van der Waals surface area (Å²) in [6, 6.07) is 0. The molecule has 0 aliphatic carbocycles. The first-order chi connectivity index (χ1) is 2.89. The van der Waals surface area contributed by atoms with Gasteiger partial charge in [0, 0.05) is 6.54 Å². The van der Waals surface area contributed by atoms with Gasteiger partial charge in [-0.2, -0.15) is 0 Å². The molecule has 1 saturated heterocycles. The molecule has 0 aromatic heterocycles. The average Bonchev–Trinajstić information content (AvgIpc) is 1.86. The Balaban J connectivity index is 0. The summed E-state index contributed by atoms with van der Waals surface area (Å²) in [5, 5.41) is 13.4. The molecule has 1 unspecified atom stereocenters. The molecule has 4 heteroatoms. The Morgan fingerprint density at radius 3 is 2.57 bits per heavy atom. The summed E-state index contributed by atoms with van der Waals surface area (Å²) in [6.07, 6.45) is 0. The van der Waals surface area contributed by atoms with Gasteiger partial charge in [-0.05, 0) is 0 Å². The Kier molecular flexibility index (Phi) is 4.31. The van der Waals surface area contributed by atoms with Gasteiger partial charge in [0.05, 0.1) is 6.54 Å². The molecule has 0 radical (unpaired) electrons. The van der Waals surface area contributed by atoms with Crippen molar-refractivity contribution in [2.75, 3.05) is 19.8 Å². The first kappa shape index (κ1) is 7.88. The van der Waals surface area contributed by atoms with E-state index in [1.165, 1.54) is 0 Å². The maximum atomic E-state index is 10.2. The fourth-order valence-electron chi connectivity index (χ4n) is 0.544. The van der Waals surface area contributed by atoms with E-state index in [4.69, 9.17) is 0 Å². The molecule has 0 bridgehead atoms. The van der Waals surface area contributed by atoms with Crippen LogP contribution in [0.4, 0.5) is 0 Å². The van der Waals surface area contributed by atoms with Crippen molar-refractivity contribution in [1.29, 1.82) is 0 Å². The predicted octanol–water partition coefficient (Wildman–Crippen LogP) is -4.95. The molecule has 0 amide bonds. The number of hydrogen-bond acceptors (Lipinski definition) is 2. The topological polar surface area (TPSA) is 39.5 Å². The normalized spacial score (nSPS) is 29.6. The van der Waals surface area contributed by atoms with Gasteiger partial charge in [0.2, 0.25) is 0 Å². The molecule has 2 N–H and O–H groups in total. The summed E-state index contributed by atoms with van der Waals surface area (Å²) in [6.45, 7) is 2.22. The molecule has 0 saturated carbocycles. The van der Waals surface area contributed by atoms with Crippen LogP contribution in [0, 0.1) is 5.21 Å². The van der Waals surface area contributed by atoms with Gasteiger partial charge >= 0.3 is 29.6 Å². The molecular weight excluding hydrogens is 103 g/mol. The molecule has 1 atom stereocenters. The molecular formula is C3H9N2NaO. The van der Waals surface area contributed by atoms with Crippen molar-refractivity contribution in [3.63, 3.8) is 0 Å². The van der Waals surface area contributed by atoms with Crippen molar-refractivity contribution in [3.8, 4) is 0 Å². The van der Waals surface area contributed by atoms with Crippen molar-refractivity contribution < 1.29 is 36.0 Å². The Hall–Kier alpha value is 0.880.